The molecule has 2 N–H and O–H groups in total. The van der Waals surface area contributed by atoms with Crippen LogP contribution in [-0.2, 0) is 13.0 Å². The normalized spacial score (nSPS) is 11.1. The van der Waals surface area contributed by atoms with Crippen molar-refractivity contribution in [3.05, 3.63) is 20.9 Å². The molecule has 0 atom stereocenters. The number of aromatic amines is 2. The highest BCUT2D eigenvalue weighted by Gasteiger charge is 2.09. The molecule has 0 aliphatic carbocycles. The van der Waals surface area contributed by atoms with Crippen LogP contribution in [0.25, 0.3) is 11.2 Å². The zero-order valence-corrected chi connectivity index (χ0v) is 10.1. The van der Waals surface area contributed by atoms with Gasteiger partial charge in [0.25, 0.3) is 0 Å². The highest BCUT2D eigenvalue weighted by Crippen LogP contribution is 2.10. The molecule has 0 saturated carbocycles. The van der Waals surface area contributed by atoms with Gasteiger partial charge in [-0.2, -0.15) is 0 Å². The van der Waals surface area contributed by atoms with E-state index in [1.54, 1.807) is 4.57 Å². The number of hydrogen-bond donors (Lipinski definition) is 2. The zero-order valence-electron chi connectivity index (χ0n) is 9.33. The summed E-state index contributed by atoms with van der Waals surface area (Å²) in [4.78, 5) is 21.9. The van der Waals surface area contributed by atoms with Crippen LogP contribution < -0.4 is 5.69 Å². The molecule has 0 radical (unpaired) electrons. The first-order valence-corrected chi connectivity index (χ1v) is 5.79. The molecule has 6 heteroatoms. The first kappa shape index (κ1) is 11.1. The summed E-state index contributed by atoms with van der Waals surface area (Å²) >= 11 is 5.11. The van der Waals surface area contributed by atoms with E-state index in [0.717, 1.165) is 24.2 Å². The average Bonchev–Trinajstić information content (AvgIpc) is 2.68. The van der Waals surface area contributed by atoms with Crippen LogP contribution in [0, 0.1) is 4.64 Å². The lowest BCUT2D eigenvalue weighted by molar-refractivity contribution is 0.654. The Morgan fingerprint density at radius 3 is 2.75 bits per heavy atom. The molecule has 5 nitrogen and oxygen atoms in total. The summed E-state index contributed by atoms with van der Waals surface area (Å²) in [6.45, 7) is 4.68. The molecule has 0 aliphatic rings. The van der Waals surface area contributed by atoms with E-state index in [1.807, 2.05) is 13.8 Å². The Morgan fingerprint density at radius 1 is 1.38 bits per heavy atom. The van der Waals surface area contributed by atoms with Gasteiger partial charge in [0.2, 0.25) is 0 Å². The molecule has 0 saturated heterocycles. The molecule has 0 fully saturated rings. The van der Waals surface area contributed by atoms with E-state index in [1.165, 1.54) is 0 Å². The summed E-state index contributed by atoms with van der Waals surface area (Å²) in [5.41, 5.74) is 1.22. The second kappa shape index (κ2) is 4.21. The zero-order chi connectivity index (χ0) is 11.7. The van der Waals surface area contributed by atoms with Crippen LogP contribution in [-0.4, -0.2) is 19.5 Å². The van der Waals surface area contributed by atoms with Gasteiger partial charge in [0, 0.05) is 13.0 Å². The fourth-order valence-electron chi connectivity index (χ4n) is 1.69. The molecule has 0 amide bonds. The molecule has 2 rings (SSSR count). The quantitative estimate of drug-likeness (QED) is 0.801. The lowest BCUT2D eigenvalue weighted by atomic mass is 10.4. The Hall–Kier alpha value is -1.43. The Labute approximate surface area is 97.5 Å². The largest absolute Gasteiger partial charge is 0.338 e. The predicted molar refractivity (Wildman–Crippen MR) is 65.2 cm³/mol. The first-order valence-electron chi connectivity index (χ1n) is 5.39. The molecule has 86 valence electrons. The van der Waals surface area contributed by atoms with E-state index >= 15 is 0 Å². The minimum absolute atomic E-state index is 0.187. The van der Waals surface area contributed by atoms with Crippen LogP contribution in [0.3, 0.4) is 0 Å². The van der Waals surface area contributed by atoms with Crippen LogP contribution >= 0.6 is 12.2 Å². The highest BCUT2D eigenvalue weighted by molar-refractivity contribution is 7.71. The van der Waals surface area contributed by atoms with Crippen molar-refractivity contribution in [3.8, 4) is 0 Å². The third-order valence-electron chi connectivity index (χ3n) is 2.46. The summed E-state index contributed by atoms with van der Waals surface area (Å²) in [5, 5.41) is 0. The monoisotopic (exact) mass is 238 g/mol. The maximum absolute atomic E-state index is 11.7. The third-order valence-corrected chi connectivity index (χ3v) is 2.77. The van der Waals surface area contributed by atoms with Crippen molar-refractivity contribution in [1.29, 1.82) is 0 Å². The molecule has 0 unspecified atom stereocenters. The topological polar surface area (TPSA) is 66.5 Å². The fourth-order valence-corrected chi connectivity index (χ4v) is 1.92. The summed E-state index contributed by atoms with van der Waals surface area (Å²) < 4.78 is 2.06. The number of nitrogens with one attached hydrogen (secondary N) is 2. The number of rotatable bonds is 3. The molecule has 0 spiro atoms. The number of aryl methyl sites for hydroxylation is 2. The number of hydrogen-bond acceptors (Lipinski definition) is 3. The molecule has 0 bridgehead atoms. The minimum Gasteiger partial charge on any atom is -0.338 e. The van der Waals surface area contributed by atoms with Crippen molar-refractivity contribution in [3.63, 3.8) is 0 Å². The second-order valence-electron chi connectivity index (χ2n) is 3.65. The van der Waals surface area contributed by atoms with Crippen molar-refractivity contribution in [2.24, 2.45) is 0 Å². The molecule has 16 heavy (non-hydrogen) atoms. The van der Waals surface area contributed by atoms with Crippen molar-refractivity contribution in [2.75, 3.05) is 0 Å². The molecule has 2 aromatic rings. The fraction of sp³-hybridized carbons (Fsp3) is 0.500. The maximum atomic E-state index is 11.7. The van der Waals surface area contributed by atoms with Gasteiger partial charge in [-0.1, -0.05) is 26.1 Å². The van der Waals surface area contributed by atoms with Crippen molar-refractivity contribution < 1.29 is 0 Å². The molecular formula is C10H14N4OS. The van der Waals surface area contributed by atoms with Gasteiger partial charge in [-0.05, 0) is 6.42 Å². The molecule has 0 aliphatic heterocycles. The van der Waals surface area contributed by atoms with Gasteiger partial charge >= 0.3 is 5.69 Å². The van der Waals surface area contributed by atoms with Crippen molar-refractivity contribution in [2.45, 2.75) is 33.2 Å². The van der Waals surface area contributed by atoms with Gasteiger partial charge in [-0.25, -0.2) is 9.78 Å². The number of imidazole rings is 1. The number of nitrogens with zero attached hydrogens (tertiary/aromatic N) is 2. The number of H-pyrrole nitrogens is 2. The van der Waals surface area contributed by atoms with Crippen LogP contribution in [0.2, 0.25) is 0 Å². The van der Waals surface area contributed by atoms with E-state index in [-0.39, 0.29) is 5.69 Å². The van der Waals surface area contributed by atoms with Crippen molar-refractivity contribution >= 4 is 23.4 Å². The van der Waals surface area contributed by atoms with Crippen LogP contribution in [0.1, 0.15) is 26.1 Å². The standard InChI is InChI=1S/C10H14N4OS/c1-3-5-14-8-7(9(16)13-10(14)15)11-6(4-2)12-8/h3-5H2,1-2H3,(H,11,12)(H,13,15,16). The van der Waals surface area contributed by atoms with Gasteiger partial charge in [0.15, 0.2) is 5.65 Å². The van der Waals surface area contributed by atoms with Gasteiger partial charge in [0.05, 0.1) is 0 Å². The van der Waals surface area contributed by atoms with Gasteiger partial charge in [-0.15, -0.1) is 0 Å². The first-order chi connectivity index (χ1) is 7.67. The smallest absolute Gasteiger partial charge is 0.328 e. The molecule has 2 heterocycles. The summed E-state index contributed by atoms with van der Waals surface area (Å²) in [6.07, 6.45) is 1.68. The van der Waals surface area contributed by atoms with E-state index in [4.69, 9.17) is 12.2 Å². The van der Waals surface area contributed by atoms with Gasteiger partial charge in [-0.3, -0.25) is 9.55 Å². The van der Waals surface area contributed by atoms with Crippen LogP contribution in [0.15, 0.2) is 4.79 Å². The summed E-state index contributed by atoms with van der Waals surface area (Å²) in [5.74, 6) is 0.852. The van der Waals surface area contributed by atoms with E-state index in [2.05, 4.69) is 15.0 Å². The summed E-state index contributed by atoms with van der Waals surface area (Å²) in [6, 6.07) is 0. The molecular weight excluding hydrogens is 224 g/mol. The number of aromatic nitrogens is 4. The Kier molecular flexibility index (Phi) is 2.91. The van der Waals surface area contributed by atoms with Crippen molar-refractivity contribution in [1.82, 2.24) is 19.5 Å². The van der Waals surface area contributed by atoms with E-state index in [0.29, 0.717) is 16.8 Å². The van der Waals surface area contributed by atoms with Crippen LogP contribution in [0.4, 0.5) is 0 Å². The second-order valence-corrected chi connectivity index (χ2v) is 4.05. The number of fused-ring (bicyclic) bond motifs is 1. The van der Waals surface area contributed by atoms with Crippen LogP contribution in [0.5, 0.6) is 0 Å². The Morgan fingerprint density at radius 2 is 2.12 bits per heavy atom. The molecule has 2 aromatic heterocycles. The van der Waals surface area contributed by atoms with Gasteiger partial charge < -0.3 is 4.98 Å². The minimum atomic E-state index is -0.187. The summed E-state index contributed by atoms with van der Waals surface area (Å²) in [7, 11) is 0. The third kappa shape index (κ3) is 1.69. The molecule has 0 aromatic carbocycles. The van der Waals surface area contributed by atoms with Gasteiger partial charge in [0.1, 0.15) is 16.0 Å². The lowest BCUT2D eigenvalue weighted by Crippen LogP contribution is -2.23. The Bertz CT molecular complexity index is 622. The highest BCUT2D eigenvalue weighted by atomic mass is 32.1. The average molecular weight is 238 g/mol. The maximum Gasteiger partial charge on any atom is 0.328 e. The SMILES string of the molecule is CCCn1c(=O)[nH]c(=S)c2[nH]c(CC)nc21. The van der Waals surface area contributed by atoms with E-state index < -0.39 is 0 Å². The van der Waals surface area contributed by atoms with E-state index in [9.17, 15) is 4.79 Å². The lowest BCUT2D eigenvalue weighted by Gasteiger charge is -2.03. The predicted octanol–water partition coefficient (Wildman–Crippen LogP) is 1.75. The Balaban J connectivity index is 2.82.